The highest BCUT2D eigenvalue weighted by Gasteiger charge is 2.50. The molecule has 0 aliphatic heterocycles. The predicted octanol–water partition coefficient (Wildman–Crippen LogP) is 6.86. The van der Waals surface area contributed by atoms with Crippen LogP contribution in [-0.4, -0.2) is 33.9 Å². The first-order valence-corrected chi connectivity index (χ1v) is 14.2. The summed E-state index contributed by atoms with van der Waals surface area (Å²) in [6.45, 7) is 12.2. The zero-order valence-corrected chi connectivity index (χ0v) is 23.1. The standard InChI is InChI=1S/C29H43BrO4/c1-19-8-12-23(34-27(32)18-30)17-22(19)11-10-21-7-6-16-29(5)24(13-14-25(21)29)20(2)9-15-26(31)28(3,4)33/h10-11,20,23-25,33H,1,6-9,12-18H2,2-5H3. The fourth-order valence-corrected chi connectivity index (χ4v) is 6.91. The molecular formula is C29H43BrO4. The number of esters is 1. The highest BCUT2D eigenvalue weighted by molar-refractivity contribution is 9.09. The number of ether oxygens (including phenoxy) is 1. The van der Waals surface area contributed by atoms with Gasteiger partial charge in [0.05, 0.1) is 0 Å². The number of fused-ring (bicyclic) bond motifs is 1. The highest BCUT2D eigenvalue weighted by atomic mass is 79.9. The van der Waals surface area contributed by atoms with Crippen molar-refractivity contribution in [3.8, 4) is 0 Å². The molecular weight excluding hydrogens is 492 g/mol. The van der Waals surface area contributed by atoms with E-state index in [9.17, 15) is 14.7 Å². The minimum absolute atomic E-state index is 0.0530. The molecule has 3 aliphatic carbocycles. The minimum Gasteiger partial charge on any atom is -0.461 e. The maximum atomic E-state index is 12.3. The van der Waals surface area contributed by atoms with Crippen LogP contribution in [0.25, 0.3) is 0 Å². The van der Waals surface area contributed by atoms with Crippen LogP contribution in [0.5, 0.6) is 0 Å². The van der Waals surface area contributed by atoms with Crippen LogP contribution in [0.2, 0.25) is 0 Å². The zero-order valence-electron chi connectivity index (χ0n) is 21.5. The number of allylic oxidation sites excluding steroid dienone is 4. The lowest BCUT2D eigenvalue weighted by Gasteiger charge is -2.44. The first kappa shape index (κ1) is 27.4. The Bertz CT molecular complexity index is 849. The van der Waals surface area contributed by atoms with Crippen LogP contribution in [0.4, 0.5) is 0 Å². The van der Waals surface area contributed by atoms with Gasteiger partial charge in [-0.25, -0.2) is 0 Å². The maximum Gasteiger partial charge on any atom is 0.316 e. The van der Waals surface area contributed by atoms with E-state index in [0.717, 1.165) is 37.7 Å². The number of rotatable bonds is 8. The lowest BCUT2D eigenvalue weighted by Crippen LogP contribution is -2.36. The summed E-state index contributed by atoms with van der Waals surface area (Å²) in [4.78, 5) is 24.0. The van der Waals surface area contributed by atoms with E-state index in [1.807, 2.05) is 0 Å². The number of aliphatic hydroxyl groups is 1. The Kier molecular flexibility index (Phi) is 9.06. The second kappa shape index (κ2) is 11.2. The predicted molar refractivity (Wildman–Crippen MR) is 141 cm³/mol. The third-order valence-electron chi connectivity index (χ3n) is 8.81. The van der Waals surface area contributed by atoms with Gasteiger partial charge in [0.15, 0.2) is 5.78 Å². The van der Waals surface area contributed by atoms with Crippen molar-refractivity contribution in [1.82, 2.24) is 0 Å². The van der Waals surface area contributed by atoms with Crippen LogP contribution in [0.15, 0.2) is 35.5 Å². The monoisotopic (exact) mass is 534 g/mol. The van der Waals surface area contributed by atoms with E-state index in [0.29, 0.717) is 24.2 Å². The van der Waals surface area contributed by atoms with Gasteiger partial charge in [0.2, 0.25) is 0 Å². The molecule has 0 heterocycles. The van der Waals surface area contributed by atoms with E-state index in [-0.39, 0.29) is 28.6 Å². The molecule has 3 fully saturated rings. The minimum atomic E-state index is -1.23. The Balaban J connectivity index is 1.69. The fourth-order valence-electron chi connectivity index (χ4n) is 6.78. The number of alkyl halides is 1. The van der Waals surface area contributed by atoms with Crippen LogP contribution < -0.4 is 0 Å². The lowest BCUT2D eigenvalue weighted by atomic mass is 9.60. The summed E-state index contributed by atoms with van der Waals surface area (Å²) in [7, 11) is 0. The summed E-state index contributed by atoms with van der Waals surface area (Å²) in [6.07, 6.45) is 14.4. The van der Waals surface area contributed by atoms with Crippen LogP contribution in [0.1, 0.15) is 91.9 Å². The van der Waals surface area contributed by atoms with Crippen molar-refractivity contribution in [3.05, 3.63) is 35.5 Å². The first-order valence-electron chi connectivity index (χ1n) is 13.0. The lowest BCUT2D eigenvalue weighted by molar-refractivity contribution is -0.146. The van der Waals surface area contributed by atoms with E-state index in [1.54, 1.807) is 19.4 Å². The van der Waals surface area contributed by atoms with E-state index in [2.05, 4.69) is 48.5 Å². The van der Waals surface area contributed by atoms with Gasteiger partial charge in [0, 0.05) is 12.8 Å². The number of carbonyl (C=O) groups excluding carboxylic acids is 2. The average molecular weight is 536 g/mol. The molecule has 0 aromatic carbocycles. The van der Waals surface area contributed by atoms with E-state index in [1.165, 1.54) is 31.3 Å². The number of Topliss-reactive ketones (excluding diaryl/α,β-unsaturated/α-hetero) is 1. The number of carbonyl (C=O) groups is 2. The van der Waals surface area contributed by atoms with Crippen molar-refractivity contribution < 1.29 is 19.4 Å². The molecule has 190 valence electrons. The van der Waals surface area contributed by atoms with Gasteiger partial charge in [-0.3, -0.25) is 9.59 Å². The van der Waals surface area contributed by atoms with Crippen molar-refractivity contribution in [1.29, 1.82) is 0 Å². The fraction of sp³-hybridized carbons (Fsp3) is 0.724. The average Bonchev–Trinajstić information content (AvgIpc) is 3.14. The molecule has 0 spiro atoms. The number of halogens is 1. The number of ketones is 1. The summed E-state index contributed by atoms with van der Waals surface area (Å²) in [5, 5.41) is 10.2. The molecule has 0 aromatic rings. The van der Waals surface area contributed by atoms with Gasteiger partial charge in [-0.2, -0.15) is 0 Å². The van der Waals surface area contributed by atoms with Crippen molar-refractivity contribution in [2.24, 2.45) is 23.2 Å². The molecule has 5 atom stereocenters. The third kappa shape index (κ3) is 6.32. The Labute approximate surface area is 214 Å². The van der Waals surface area contributed by atoms with Crippen molar-refractivity contribution >= 4 is 27.7 Å². The largest absolute Gasteiger partial charge is 0.461 e. The van der Waals surface area contributed by atoms with E-state index >= 15 is 0 Å². The smallest absolute Gasteiger partial charge is 0.316 e. The highest BCUT2D eigenvalue weighted by Crippen LogP contribution is 2.59. The van der Waals surface area contributed by atoms with Crippen LogP contribution >= 0.6 is 15.9 Å². The molecule has 5 heteroatoms. The quantitative estimate of drug-likeness (QED) is 0.273. The molecule has 34 heavy (non-hydrogen) atoms. The molecule has 0 radical (unpaired) electrons. The molecule has 3 saturated carbocycles. The normalized spacial score (nSPS) is 33.1. The molecule has 1 N–H and O–H groups in total. The summed E-state index contributed by atoms with van der Waals surface area (Å²) in [6, 6.07) is 0. The van der Waals surface area contributed by atoms with Crippen molar-refractivity contribution in [2.75, 3.05) is 5.33 Å². The summed E-state index contributed by atoms with van der Waals surface area (Å²) in [5.74, 6) is 1.42. The topological polar surface area (TPSA) is 63.6 Å². The summed E-state index contributed by atoms with van der Waals surface area (Å²) in [5.41, 5.74) is 2.97. The Morgan fingerprint density at radius 3 is 2.68 bits per heavy atom. The second-order valence-corrected chi connectivity index (χ2v) is 12.2. The molecule has 0 bridgehead atoms. The van der Waals surface area contributed by atoms with Crippen molar-refractivity contribution in [3.63, 3.8) is 0 Å². The molecule has 4 nitrogen and oxygen atoms in total. The van der Waals surface area contributed by atoms with Gasteiger partial charge in [0.25, 0.3) is 0 Å². The van der Waals surface area contributed by atoms with Crippen LogP contribution in [-0.2, 0) is 14.3 Å². The van der Waals surface area contributed by atoms with Gasteiger partial charge < -0.3 is 9.84 Å². The zero-order chi connectivity index (χ0) is 25.1. The number of hydrogen-bond donors (Lipinski definition) is 1. The van der Waals surface area contributed by atoms with Crippen LogP contribution in [0, 0.1) is 23.2 Å². The third-order valence-corrected chi connectivity index (χ3v) is 9.27. The number of hydrogen-bond acceptors (Lipinski definition) is 4. The summed E-state index contributed by atoms with van der Waals surface area (Å²) < 4.78 is 5.57. The Hall–Kier alpha value is -1.20. The van der Waals surface area contributed by atoms with Crippen molar-refractivity contribution in [2.45, 2.75) is 104 Å². The van der Waals surface area contributed by atoms with Gasteiger partial charge in [-0.15, -0.1) is 0 Å². The molecule has 3 rings (SSSR count). The second-order valence-electron chi connectivity index (χ2n) is 11.6. The molecule has 0 saturated heterocycles. The summed E-state index contributed by atoms with van der Waals surface area (Å²) >= 11 is 3.18. The van der Waals surface area contributed by atoms with Gasteiger partial charge in [-0.1, -0.05) is 59.7 Å². The maximum absolute atomic E-state index is 12.3. The molecule has 5 unspecified atom stereocenters. The SMILES string of the molecule is C=C1CCC(OC(=O)CBr)CC1=CC=C1CCCC2(C)C1CCC2C(C)CCC(=O)C(C)(C)O. The Morgan fingerprint density at radius 2 is 2.00 bits per heavy atom. The Morgan fingerprint density at radius 1 is 1.26 bits per heavy atom. The molecule has 3 aliphatic rings. The van der Waals surface area contributed by atoms with E-state index in [4.69, 9.17) is 4.74 Å². The molecule has 0 amide bonds. The van der Waals surface area contributed by atoms with Gasteiger partial charge in [-0.05, 0) is 94.0 Å². The van der Waals surface area contributed by atoms with E-state index < -0.39 is 5.60 Å². The van der Waals surface area contributed by atoms with Gasteiger partial charge >= 0.3 is 5.97 Å². The first-order chi connectivity index (χ1) is 16.0. The van der Waals surface area contributed by atoms with Gasteiger partial charge in [0.1, 0.15) is 17.0 Å². The van der Waals surface area contributed by atoms with Crippen LogP contribution in [0.3, 0.4) is 0 Å². The molecule has 0 aromatic heterocycles.